The largest absolute Gasteiger partial charge is 0.366 e. The molecule has 2 N–H and O–H groups in total. The Morgan fingerprint density at radius 2 is 1.81 bits per heavy atom. The first-order valence-electron chi connectivity index (χ1n) is 7.96. The van der Waals surface area contributed by atoms with Crippen molar-refractivity contribution in [3.63, 3.8) is 0 Å². The molecule has 0 unspecified atom stereocenters. The third-order valence-corrected chi connectivity index (χ3v) is 5.33. The van der Waals surface area contributed by atoms with E-state index in [1.807, 2.05) is 37.3 Å². The number of sulfonamides is 1. The van der Waals surface area contributed by atoms with Crippen LogP contribution in [-0.2, 0) is 16.6 Å². The molecule has 0 saturated carbocycles. The van der Waals surface area contributed by atoms with Gasteiger partial charge in [-0.3, -0.25) is 4.72 Å². The van der Waals surface area contributed by atoms with Gasteiger partial charge in [-0.2, -0.15) is 0 Å². The van der Waals surface area contributed by atoms with Gasteiger partial charge < -0.3 is 5.32 Å². The van der Waals surface area contributed by atoms with E-state index in [2.05, 4.69) is 15.0 Å². The molecule has 134 valence electrons. The van der Waals surface area contributed by atoms with Crippen LogP contribution in [0.5, 0.6) is 0 Å². The average Bonchev–Trinajstić information content (AvgIpc) is 2.62. The van der Waals surface area contributed by atoms with Crippen molar-refractivity contribution in [1.82, 2.24) is 4.98 Å². The number of hydrogen-bond acceptors (Lipinski definition) is 4. The molecule has 0 aliphatic heterocycles. The molecule has 0 amide bonds. The van der Waals surface area contributed by atoms with Gasteiger partial charge in [-0.1, -0.05) is 35.9 Å². The van der Waals surface area contributed by atoms with E-state index in [0.717, 1.165) is 11.1 Å². The third-order valence-electron chi connectivity index (χ3n) is 3.70. The lowest BCUT2D eigenvalue weighted by Gasteiger charge is -2.10. The van der Waals surface area contributed by atoms with Crippen molar-refractivity contribution in [2.45, 2.75) is 18.4 Å². The normalized spacial score (nSPS) is 11.2. The minimum Gasteiger partial charge on any atom is -0.366 e. The van der Waals surface area contributed by atoms with E-state index in [0.29, 0.717) is 23.1 Å². The van der Waals surface area contributed by atoms with Crippen molar-refractivity contribution in [3.8, 4) is 0 Å². The van der Waals surface area contributed by atoms with Gasteiger partial charge in [-0.25, -0.2) is 13.4 Å². The van der Waals surface area contributed by atoms with Crippen molar-refractivity contribution >= 4 is 33.1 Å². The van der Waals surface area contributed by atoms with Crippen molar-refractivity contribution < 1.29 is 8.42 Å². The number of anilines is 2. The molecule has 7 heteroatoms. The van der Waals surface area contributed by atoms with Gasteiger partial charge in [0.15, 0.2) is 0 Å². The number of hydrogen-bond donors (Lipinski definition) is 2. The first-order chi connectivity index (χ1) is 12.4. The highest BCUT2D eigenvalue weighted by atomic mass is 35.5. The first kappa shape index (κ1) is 18.2. The summed E-state index contributed by atoms with van der Waals surface area (Å²) >= 11 is 5.86. The zero-order chi connectivity index (χ0) is 18.6. The molecule has 3 rings (SSSR count). The number of halogens is 1. The first-order valence-corrected chi connectivity index (χ1v) is 9.82. The Bertz CT molecular complexity index is 988. The van der Waals surface area contributed by atoms with Gasteiger partial charge in [0.2, 0.25) is 0 Å². The molecule has 0 bridgehead atoms. The third kappa shape index (κ3) is 4.74. The van der Waals surface area contributed by atoms with Gasteiger partial charge in [-0.15, -0.1) is 0 Å². The molecule has 0 atom stereocenters. The number of nitrogens with zero attached hydrogens (tertiary/aromatic N) is 1. The van der Waals surface area contributed by atoms with Crippen LogP contribution in [0.2, 0.25) is 5.02 Å². The lowest BCUT2D eigenvalue weighted by Crippen LogP contribution is -2.13. The Morgan fingerprint density at radius 3 is 2.46 bits per heavy atom. The topological polar surface area (TPSA) is 71.1 Å². The summed E-state index contributed by atoms with van der Waals surface area (Å²) in [4.78, 5) is 4.47. The molecule has 3 aromatic rings. The van der Waals surface area contributed by atoms with Crippen molar-refractivity contribution in [1.29, 1.82) is 0 Å². The molecule has 0 radical (unpaired) electrons. The predicted molar refractivity (Wildman–Crippen MR) is 105 cm³/mol. The summed E-state index contributed by atoms with van der Waals surface area (Å²) in [5.41, 5.74) is 2.36. The van der Waals surface area contributed by atoms with Gasteiger partial charge in [0.05, 0.1) is 16.8 Å². The Balaban J connectivity index is 1.64. The van der Waals surface area contributed by atoms with Gasteiger partial charge in [0, 0.05) is 11.6 Å². The number of rotatable bonds is 6. The number of aryl methyl sites for hydroxylation is 1. The van der Waals surface area contributed by atoms with Crippen LogP contribution in [0.1, 0.15) is 11.1 Å². The molecule has 26 heavy (non-hydrogen) atoms. The van der Waals surface area contributed by atoms with E-state index >= 15 is 0 Å². The van der Waals surface area contributed by atoms with E-state index in [4.69, 9.17) is 11.6 Å². The monoisotopic (exact) mass is 387 g/mol. The second-order valence-corrected chi connectivity index (χ2v) is 7.95. The minimum atomic E-state index is -3.63. The molecule has 0 saturated heterocycles. The van der Waals surface area contributed by atoms with Gasteiger partial charge in [0.1, 0.15) is 5.82 Å². The maximum absolute atomic E-state index is 12.4. The summed E-state index contributed by atoms with van der Waals surface area (Å²) in [6.07, 6.45) is 1.48. The Kier molecular flexibility index (Phi) is 5.44. The smallest absolute Gasteiger partial charge is 0.261 e. The fourth-order valence-electron chi connectivity index (χ4n) is 2.35. The quantitative estimate of drug-likeness (QED) is 0.655. The molecule has 0 spiro atoms. The summed E-state index contributed by atoms with van der Waals surface area (Å²) in [6, 6.07) is 17.7. The van der Waals surface area contributed by atoms with Gasteiger partial charge in [-0.05, 0) is 54.4 Å². The molecule has 2 aromatic carbocycles. The molecule has 1 aromatic heterocycles. The maximum atomic E-state index is 12.4. The van der Waals surface area contributed by atoms with Crippen molar-refractivity contribution in [2.24, 2.45) is 0 Å². The van der Waals surface area contributed by atoms with E-state index in [-0.39, 0.29) is 4.90 Å². The number of nitrogens with one attached hydrogen (secondary N) is 2. The fourth-order valence-corrected chi connectivity index (χ4v) is 3.62. The highest BCUT2D eigenvalue weighted by molar-refractivity contribution is 7.92. The number of aromatic nitrogens is 1. The van der Waals surface area contributed by atoms with Crippen LogP contribution in [-0.4, -0.2) is 13.4 Å². The standard InChI is InChI=1S/C19H18ClN3O2S/c1-14-3-2-4-18(11-14)26(24,25)23-17-9-10-19(22-13-17)21-12-15-5-7-16(20)8-6-15/h2-11,13,23H,12H2,1H3,(H,21,22). The summed E-state index contributed by atoms with van der Waals surface area (Å²) in [7, 11) is -3.63. The van der Waals surface area contributed by atoms with Crippen LogP contribution in [0.4, 0.5) is 11.5 Å². The average molecular weight is 388 g/mol. The molecular weight excluding hydrogens is 370 g/mol. The van der Waals surface area contributed by atoms with Crippen LogP contribution in [0.3, 0.4) is 0 Å². The summed E-state index contributed by atoms with van der Waals surface area (Å²) in [6.45, 7) is 2.44. The van der Waals surface area contributed by atoms with Gasteiger partial charge >= 0.3 is 0 Å². The maximum Gasteiger partial charge on any atom is 0.261 e. The van der Waals surface area contributed by atoms with Crippen molar-refractivity contribution in [3.05, 3.63) is 83.0 Å². The molecule has 5 nitrogen and oxygen atoms in total. The lowest BCUT2D eigenvalue weighted by atomic mass is 10.2. The van der Waals surface area contributed by atoms with E-state index in [1.165, 1.54) is 6.20 Å². The Labute approximate surface area is 158 Å². The molecule has 0 aliphatic rings. The van der Waals surface area contributed by atoms with Crippen LogP contribution in [0.25, 0.3) is 0 Å². The second-order valence-electron chi connectivity index (χ2n) is 5.83. The summed E-state index contributed by atoms with van der Waals surface area (Å²) in [5, 5.41) is 3.87. The van der Waals surface area contributed by atoms with Gasteiger partial charge in [0.25, 0.3) is 10.0 Å². The zero-order valence-electron chi connectivity index (χ0n) is 14.1. The van der Waals surface area contributed by atoms with E-state index in [1.54, 1.807) is 30.3 Å². The van der Waals surface area contributed by atoms with Crippen LogP contribution >= 0.6 is 11.6 Å². The highest BCUT2D eigenvalue weighted by Gasteiger charge is 2.14. The highest BCUT2D eigenvalue weighted by Crippen LogP contribution is 2.18. The number of pyridine rings is 1. The second kappa shape index (κ2) is 7.76. The van der Waals surface area contributed by atoms with E-state index in [9.17, 15) is 8.42 Å². The van der Waals surface area contributed by atoms with Crippen LogP contribution < -0.4 is 10.0 Å². The van der Waals surface area contributed by atoms with Crippen LogP contribution in [0.15, 0.2) is 71.8 Å². The Hall–Kier alpha value is -2.57. The van der Waals surface area contributed by atoms with Crippen molar-refractivity contribution in [2.75, 3.05) is 10.0 Å². The zero-order valence-corrected chi connectivity index (χ0v) is 15.7. The molecule has 0 fully saturated rings. The Morgan fingerprint density at radius 1 is 1.04 bits per heavy atom. The summed E-state index contributed by atoms with van der Waals surface area (Å²) < 4.78 is 27.4. The molecule has 0 aliphatic carbocycles. The molecule has 1 heterocycles. The number of benzene rings is 2. The van der Waals surface area contributed by atoms with E-state index < -0.39 is 10.0 Å². The molecular formula is C19H18ClN3O2S. The van der Waals surface area contributed by atoms with Crippen LogP contribution in [0, 0.1) is 6.92 Å². The lowest BCUT2D eigenvalue weighted by molar-refractivity contribution is 0.601. The summed E-state index contributed by atoms with van der Waals surface area (Å²) in [5.74, 6) is 0.651. The fraction of sp³-hybridized carbons (Fsp3) is 0.105. The predicted octanol–water partition coefficient (Wildman–Crippen LogP) is 4.46. The minimum absolute atomic E-state index is 0.224. The SMILES string of the molecule is Cc1cccc(S(=O)(=O)Nc2ccc(NCc3ccc(Cl)cc3)nc2)c1.